The van der Waals surface area contributed by atoms with Gasteiger partial charge in [0, 0.05) is 36.5 Å². The van der Waals surface area contributed by atoms with Crippen molar-refractivity contribution in [2.75, 3.05) is 23.0 Å². The first-order chi connectivity index (χ1) is 9.74. The molecule has 0 radical (unpaired) electrons. The summed E-state index contributed by atoms with van der Waals surface area (Å²) in [5, 5.41) is 9.02. The molecule has 1 unspecified atom stereocenters. The van der Waals surface area contributed by atoms with Crippen LogP contribution in [0, 0.1) is 0 Å². The van der Waals surface area contributed by atoms with Gasteiger partial charge in [0.2, 0.25) is 0 Å². The maximum absolute atomic E-state index is 11.0. The van der Waals surface area contributed by atoms with Crippen molar-refractivity contribution in [1.29, 1.82) is 0 Å². The van der Waals surface area contributed by atoms with Gasteiger partial charge < -0.3 is 10.0 Å². The zero-order valence-corrected chi connectivity index (χ0v) is 11.6. The van der Waals surface area contributed by atoms with Crippen LogP contribution in [0.15, 0.2) is 24.5 Å². The third-order valence-corrected chi connectivity index (χ3v) is 4.34. The quantitative estimate of drug-likeness (QED) is 0.915. The molecule has 1 saturated heterocycles. The lowest BCUT2D eigenvalue weighted by atomic mass is 10.2. The largest absolute Gasteiger partial charge is 0.481 e. The Morgan fingerprint density at radius 1 is 1.40 bits per heavy atom. The predicted octanol–water partition coefficient (Wildman–Crippen LogP) is 1.42. The van der Waals surface area contributed by atoms with E-state index in [4.69, 9.17) is 5.11 Å². The van der Waals surface area contributed by atoms with Gasteiger partial charge in [0.15, 0.2) is 5.65 Å². The molecule has 2 aromatic heterocycles. The molecule has 0 saturated carbocycles. The second-order valence-corrected chi connectivity index (χ2v) is 5.74. The Labute approximate surface area is 120 Å². The number of carbonyl (C=O) groups is 1. The number of carboxylic acid groups (broad SMARTS) is 1. The van der Waals surface area contributed by atoms with Gasteiger partial charge in [-0.1, -0.05) is 0 Å². The van der Waals surface area contributed by atoms with Crippen LogP contribution in [-0.2, 0) is 4.79 Å². The summed E-state index contributed by atoms with van der Waals surface area (Å²) in [6, 6.07) is 3.75. The van der Waals surface area contributed by atoms with Gasteiger partial charge in [0.25, 0.3) is 0 Å². The molecule has 104 valence electrons. The SMILES string of the molecule is O=C(O)CC1CSCCN1c1ccc2nccnc2n1. The summed E-state index contributed by atoms with van der Waals surface area (Å²) in [5.74, 6) is 1.80. The van der Waals surface area contributed by atoms with Crippen molar-refractivity contribution in [3.8, 4) is 0 Å². The minimum absolute atomic E-state index is 0.0205. The van der Waals surface area contributed by atoms with Crippen LogP contribution < -0.4 is 4.90 Å². The van der Waals surface area contributed by atoms with Crippen LogP contribution in [0.25, 0.3) is 11.2 Å². The third-order valence-electron chi connectivity index (χ3n) is 3.25. The lowest BCUT2D eigenvalue weighted by Gasteiger charge is -2.35. The minimum atomic E-state index is -0.775. The highest BCUT2D eigenvalue weighted by Gasteiger charge is 2.26. The fourth-order valence-corrected chi connectivity index (χ4v) is 3.39. The summed E-state index contributed by atoms with van der Waals surface area (Å²) in [6.07, 6.45) is 3.38. The monoisotopic (exact) mass is 290 g/mol. The summed E-state index contributed by atoms with van der Waals surface area (Å²) in [4.78, 5) is 25.9. The molecule has 0 bridgehead atoms. The van der Waals surface area contributed by atoms with Crippen molar-refractivity contribution in [1.82, 2.24) is 15.0 Å². The molecule has 20 heavy (non-hydrogen) atoms. The highest BCUT2D eigenvalue weighted by molar-refractivity contribution is 7.99. The molecule has 1 fully saturated rings. The molecule has 2 aromatic rings. The molecule has 3 heterocycles. The molecule has 1 aliphatic rings. The molecule has 6 nitrogen and oxygen atoms in total. The number of hydrogen-bond donors (Lipinski definition) is 1. The van der Waals surface area contributed by atoms with Gasteiger partial charge in [-0.25, -0.2) is 9.97 Å². The average Bonchev–Trinajstić information content (AvgIpc) is 2.47. The van der Waals surface area contributed by atoms with Gasteiger partial charge in [0.05, 0.1) is 6.42 Å². The summed E-state index contributed by atoms with van der Waals surface area (Å²) < 4.78 is 0. The summed E-state index contributed by atoms with van der Waals surface area (Å²) in [5.41, 5.74) is 1.34. The summed E-state index contributed by atoms with van der Waals surface area (Å²) >= 11 is 1.79. The number of fused-ring (bicyclic) bond motifs is 1. The van der Waals surface area contributed by atoms with E-state index in [0.29, 0.717) is 5.65 Å². The van der Waals surface area contributed by atoms with Crippen molar-refractivity contribution >= 4 is 34.7 Å². The first-order valence-electron chi connectivity index (χ1n) is 6.38. The zero-order valence-electron chi connectivity index (χ0n) is 10.8. The van der Waals surface area contributed by atoms with Gasteiger partial charge >= 0.3 is 5.97 Å². The van der Waals surface area contributed by atoms with E-state index < -0.39 is 5.97 Å². The Morgan fingerprint density at radius 3 is 3.10 bits per heavy atom. The highest BCUT2D eigenvalue weighted by Crippen LogP contribution is 2.25. The number of aromatic nitrogens is 3. The number of aliphatic carboxylic acids is 1. The fourth-order valence-electron chi connectivity index (χ4n) is 2.33. The Balaban J connectivity index is 1.92. The van der Waals surface area contributed by atoms with E-state index in [-0.39, 0.29) is 12.5 Å². The standard InChI is InChI=1S/C13H14N4O2S/c18-12(19)7-9-8-20-6-5-17(9)11-2-1-10-13(16-11)15-4-3-14-10/h1-4,9H,5-8H2,(H,18,19). The number of thioether (sulfide) groups is 1. The Morgan fingerprint density at radius 2 is 2.25 bits per heavy atom. The third kappa shape index (κ3) is 2.67. The Hall–Kier alpha value is -1.89. The second-order valence-electron chi connectivity index (χ2n) is 4.59. The van der Waals surface area contributed by atoms with Crippen LogP contribution >= 0.6 is 11.8 Å². The van der Waals surface area contributed by atoms with E-state index in [9.17, 15) is 4.79 Å². The van der Waals surface area contributed by atoms with Crippen molar-refractivity contribution in [3.05, 3.63) is 24.5 Å². The average molecular weight is 290 g/mol. The molecule has 0 amide bonds. The van der Waals surface area contributed by atoms with Crippen LogP contribution in [0.5, 0.6) is 0 Å². The zero-order chi connectivity index (χ0) is 13.9. The number of pyridine rings is 1. The molecule has 0 spiro atoms. The molecule has 0 aromatic carbocycles. The summed E-state index contributed by atoms with van der Waals surface area (Å²) in [7, 11) is 0. The van der Waals surface area contributed by atoms with E-state index >= 15 is 0 Å². The molecule has 1 atom stereocenters. The van der Waals surface area contributed by atoms with Crippen LogP contribution in [0.3, 0.4) is 0 Å². The molecule has 7 heteroatoms. The van der Waals surface area contributed by atoms with Crippen LogP contribution in [0.2, 0.25) is 0 Å². The van der Waals surface area contributed by atoms with Gasteiger partial charge in [-0.2, -0.15) is 11.8 Å². The number of rotatable bonds is 3. The molecule has 3 rings (SSSR count). The van der Waals surface area contributed by atoms with Crippen molar-refractivity contribution in [2.45, 2.75) is 12.5 Å². The molecule has 1 aliphatic heterocycles. The van der Waals surface area contributed by atoms with Gasteiger partial charge in [-0.3, -0.25) is 9.78 Å². The molecular weight excluding hydrogens is 276 g/mol. The highest BCUT2D eigenvalue weighted by atomic mass is 32.2. The van der Waals surface area contributed by atoms with Crippen LogP contribution in [-0.4, -0.2) is 50.1 Å². The fraction of sp³-hybridized carbons (Fsp3) is 0.385. The number of nitrogens with zero attached hydrogens (tertiary/aromatic N) is 4. The smallest absolute Gasteiger partial charge is 0.305 e. The second kappa shape index (κ2) is 5.62. The maximum Gasteiger partial charge on any atom is 0.305 e. The Kier molecular flexibility index (Phi) is 3.68. The minimum Gasteiger partial charge on any atom is -0.481 e. The predicted molar refractivity (Wildman–Crippen MR) is 78.0 cm³/mol. The lowest BCUT2D eigenvalue weighted by molar-refractivity contribution is -0.137. The van der Waals surface area contributed by atoms with Crippen molar-refractivity contribution in [3.63, 3.8) is 0 Å². The number of anilines is 1. The van der Waals surface area contributed by atoms with E-state index in [2.05, 4.69) is 19.9 Å². The molecule has 1 N–H and O–H groups in total. The Bertz CT molecular complexity index is 637. The number of hydrogen-bond acceptors (Lipinski definition) is 6. The van der Waals surface area contributed by atoms with Gasteiger partial charge in [-0.05, 0) is 12.1 Å². The van der Waals surface area contributed by atoms with E-state index in [1.54, 1.807) is 24.2 Å². The van der Waals surface area contributed by atoms with Gasteiger partial charge in [-0.15, -0.1) is 0 Å². The number of carboxylic acids is 1. The van der Waals surface area contributed by atoms with E-state index in [1.165, 1.54) is 0 Å². The maximum atomic E-state index is 11.0. The van der Waals surface area contributed by atoms with Crippen LogP contribution in [0.4, 0.5) is 5.82 Å². The topological polar surface area (TPSA) is 79.2 Å². The van der Waals surface area contributed by atoms with Crippen molar-refractivity contribution < 1.29 is 9.90 Å². The lowest BCUT2D eigenvalue weighted by Crippen LogP contribution is -2.44. The molecule has 0 aliphatic carbocycles. The first-order valence-corrected chi connectivity index (χ1v) is 7.53. The van der Waals surface area contributed by atoms with Crippen LogP contribution in [0.1, 0.15) is 6.42 Å². The first kappa shape index (κ1) is 13.1. The summed E-state index contributed by atoms with van der Waals surface area (Å²) in [6.45, 7) is 0.807. The van der Waals surface area contributed by atoms with Crippen molar-refractivity contribution in [2.24, 2.45) is 0 Å². The molecular formula is C13H14N4O2S. The normalized spacial score (nSPS) is 19.2. The van der Waals surface area contributed by atoms with E-state index in [1.807, 2.05) is 12.1 Å². The van der Waals surface area contributed by atoms with Gasteiger partial charge in [0.1, 0.15) is 11.3 Å². The van der Waals surface area contributed by atoms with E-state index in [0.717, 1.165) is 29.4 Å².